The summed E-state index contributed by atoms with van der Waals surface area (Å²) in [6.45, 7) is 5.80. The second-order valence-corrected chi connectivity index (χ2v) is 10.3. The fraction of sp³-hybridized carbons (Fsp3) is 0.179. The summed E-state index contributed by atoms with van der Waals surface area (Å²) in [7, 11) is 0. The van der Waals surface area contributed by atoms with Gasteiger partial charge in [-0.2, -0.15) is 0 Å². The number of carbonyl (C=O) groups is 1. The molecule has 2 aromatic heterocycles. The van der Waals surface area contributed by atoms with Crippen LogP contribution in [0.25, 0.3) is 17.4 Å². The van der Waals surface area contributed by atoms with Crippen LogP contribution in [0.2, 0.25) is 0 Å². The lowest BCUT2D eigenvalue weighted by atomic mass is 9.96. The maximum atomic E-state index is 13.7. The van der Waals surface area contributed by atoms with Gasteiger partial charge in [0, 0.05) is 16.1 Å². The number of esters is 1. The van der Waals surface area contributed by atoms with Gasteiger partial charge in [-0.1, -0.05) is 63.7 Å². The van der Waals surface area contributed by atoms with Gasteiger partial charge in [0.05, 0.1) is 28.5 Å². The van der Waals surface area contributed by atoms with Crippen molar-refractivity contribution in [1.82, 2.24) is 4.57 Å². The Morgan fingerprint density at radius 2 is 1.94 bits per heavy atom. The number of rotatable bonds is 5. The lowest BCUT2D eigenvalue weighted by Crippen LogP contribution is -2.39. The third kappa shape index (κ3) is 4.42. The number of halogens is 1. The molecule has 1 unspecified atom stereocenters. The SMILES string of the molecule is CCOC(=O)C1=C(C)N=c2s/c(=C\c3ccc(-c4ccc(C)cc4Br)o3)c(=O)n2C1c1ccccc1. The summed E-state index contributed by atoms with van der Waals surface area (Å²) >= 11 is 4.87. The Hall–Kier alpha value is -3.49. The number of aryl methyl sites for hydroxylation is 1. The molecular formula is C28H23BrN2O4S. The third-order valence-electron chi connectivity index (χ3n) is 5.92. The Morgan fingerprint density at radius 3 is 2.67 bits per heavy atom. The average Bonchev–Trinajstić information content (AvgIpc) is 3.43. The predicted octanol–water partition coefficient (Wildman–Crippen LogP) is 5.13. The van der Waals surface area contributed by atoms with Crippen molar-refractivity contribution in [2.75, 3.05) is 6.61 Å². The molecule has 0 amide bonds. The first-order chi connectivity index (χ1) is 17.4. The fourth-order valence-electron chi connectivity index (χ4n) is 4.27. The number of allylic oxidation sites excluding steroid dienone is 1. The van der Waals surface area contributed by atoms with Gasteiger partial charge in [-0.3, -0.25) is 9.36 Å². The van der Waals surface area contributed by atoms with E-state index in [1.54, 1.807) is 24.5 Å². The van der Waals surface area contributed by atoms with Gasteiger partial charge in [0.2, 0.25) is 0 Å². The Bertz CT molecular complexity index is 1680. The van der Waals surface area contributed by atoms with Gasteiger partial charge in [0.25, 0.3) is 5.56 Å². The number of thiazole rings is 1. The molecule has 0 fully saturated rings. The van der Waals surface area contributed by atoms with Crippen molar-refractivity contribution in [2.45, 2.75) is 26.8 Å². The van der Waals surface area contributed by atoms with E-state index in [2.05, 4.69) is 20.9 Å². The molecule has 0 bridgehead atoms. The highest BCUT2D eigenvalue weighted by Crippen LogP contribution is 2.32. The monoisotopic (exact) mass is 562 g/mol. The van der Waals surface area contributed by atoms with Crippen LogP contribution in [0, 0.1) is 6.92 Å². The van der Waals surface area contributed by atoms with Crippen LogP contribution >= 0.6 is 27.3 Å². The molecule has 1 aliphatic rings. The Kier molecular flexibility index (Phi) is 6.64. The number of ether oxygens (including phenoxy) is 1. The zero-order valence-corrected chi connectivity index (χ0v) is 22.4. The zero-order chi connectivity index (χ0) is 25.4. The van der Waals surface area contributed by atoms with Crippen molar-refractivity contribution < 1.29 is 13.9 Å². The summed E-state index contributed by atoms with van der Waals surface area (Å²) in [6.07, 6.45) is 1.72. The van der Waals surface area contributed by atoms with Crippen molar-refractivity contribution >= 4 is 39.3 Å². The highest BCUT2D eigenvalue weighted by molar-refractivity contribution is 9.10. The molecule has 3 heterocycles. The van der Waals surface area contributed by atoms with Crippen molar-refractivity contribution in [1.29, 1.82) is 0 Å². The predicted molar refractivity (Wildman–Crippen MR) is 143 cm³/mol. The van der Waals surface area contributed by atoms with E-state index >= 15 is 0 Å². The van der Waals surface area contributed by atoms with Crippen molar-refractivity contribution in [3.63, 3.8) is 0 Å². The Labute approximate surface area is 220 Å². The van der Waals surface area contributed by atoms with Crippen molar-refractivity contribution in [3.8, 4) is 11.3 Å². The second kappa shape index (κ2) is 9.87. The molecule has 0 spiro atoms. The van der Waals surface area contributed by atoms with Crippen molar-refractivity contribution in [2.24, 2.45) is 4.99 Å². The number of hydrogen-bond acceptors (Lipinski definition) is 6. The molecule has 0 radical (unpaired) electrons. The number of aromatic nitrogens is 1. The minimum Gasteiger partial charge on any atom is -0.463 e. The maximum absolute atomic E-state index is 13.7. The summed E-state index contributed by atoms with van der Waals surface area (Å²) in [5, 5.41) is 0. The van der Waals surface area contributed by atoms with Gasteiger partial charge in [0.1, 0.15) is 11.5 Å². The molecule has 0 saturated carbocycles. The topological polar surface area (TPSA) is 73.8 Å². The van der Waals surface area contributed by atoms with E-state index in [1.165, 1.54) is 11.3 Å². The normalized spacial score (nSPS) is 15.6. The molecule has 2 aromatic carbocycles. The average molecular weight is 563 g/mol. The van der Waals surface area contributed by atoms with Gasteiger partial charge in [-0.25, -0.2) is 9.79 Å². The lowest BCUT2D eigenvalue weighted by Gasteiger charge is -2.24. The smallest absolute Gasteiger partial charge is 0.338 e. The van der Waals surface area contributed by atoms with Crippen molar-refractivity contribution in [3.05, 3.63) is 113 Å². The maximum Gasteiger partial charge on any atom is 0.338 e. The van der Waals surface area contributed by atoms with Gasteiger partial charge in [0.15, 0.2) is 4.80 Å². The number of nitrogens with zero attached hydrogens (tertiary/aromatic N) is 2. The summed E-state index contributed by atoms with van der Waals surface area (Å²) < 4.78 is 14.4. The molecule has 0 aliphatic carbocycles. The Morgan fingerprint density at radius 1 is 1.17 bits per heavy atom. The molecule has 4 aromatic rings. The molecular weight excluding hydrogens is 540 g/mol. The van der Waals surface area contributed by atoms with E-state index in [0.717, 1.165) is 21.2 Å². The van der Waals surface area contributed by atoms with Gasteiger partial charge < -0.3 is 9.15 Å². The standard InChI is InChI=1S/C28H23BrN2O4S/c1-4-34-27(33)24-17(3)30-28-31(25(24)18-8-6-5-7-9-18)26(32)23(36-28)15-19-11-13-22(35-19)20-12-10-16(2)14-21(20)29/h5-15,25H,4H2,1-3H3/b23-15-. The second-order valence-electron chi connectivity index (χ2n) is 8.40. The quantitative estimate of drug-likeness (QED) is 0.316. The molecule has 0 saturated heterocycles. The summed E-state index contributed by atoms with van der Waals surface area (Å²) in [4.78, 5) is 31.7. The molecule has 6 nitrogen and oxygen atoms in total. The third-order valence-corrected chi connectivity index (χ3v) is 7.56. The summed E-state index contributed by atoms with van der Waals surface area (Å²) in [5.74, 6) is 0.782. The summed E-state index contributed by atoms with van der Waals surface area (Å²) in [6, 6.07) is 18.6. The molecule has 182 valence electrons. The first-order valence-electron chi connectivity index (χ1n) is 11.5. The van der Waals surface area contributed by atoms with Crippen LogP contribution in [0.4, 0.5) is 0 Å². The van der Waals surface area contributed by atoms with E-state index in [1.807, 2.05) is 67.6 Å². The lowest BCUT2D eigenvalue weighted by molar-refractivity contribution is -0.139. The van der Waals surface area contributed by atoms with Crippen LogP contribution in [0.15, 0.2) is 90.6 Å². The highest BCUT2D eigenvalue weighted by Gasteiger charge is 2.33. The number of furan rings is 1. The van der Waals surface area contributed by atoms with E-state index in [4.69, 9.17) is 9.15 Å². The molecule has 0 N–H and O–H groups in total. The minimum atomic E-state index is -0.626. The number of benzene rings is 2. The largest absolute Gasteiger partial charge is 0.463 e. The first kappa shape index (κ1) is 24.2. The van der Waals surface area contributed by atoms with Crippen LogP contribution in [-0.4, -0.2) is 17.1 Å². The minimum absolute atomic E-state index is 0.236. The fourth-order valence-corrected chi connectivity index (χ4v) is 5.98. The van der Waals surface area contributed by atoms with E-state index in [-0.39, 0.29) is 12.2 Å². The zero-order valence-electron chi connectivity index (χ0n) is 19.9. The van der Waals surface area contributed by atoms with E-state index in [0.29, 0.717) is 32.1 Å². The highest BCUT2D eigenvalue weighted by atomic mass is 79.9. The molecule has 1 atom stereocenters. The number of fused-ring (bicyclic) bond motifs is 1. The molecule has 8 heteroatoms. The molecule has 1 aliphatic heterocycles. The number of carbonyl (C=O) groups excluding carboxylic acids is 1. The Balaban J connectivity index is 1.63. The van der Waals surface area contributed by atoms with Gasteiger partial charge in [-0.15, -0.1) is 0 Å². The van der Waals surface area contributed by atoms with Crippen LogP contribution in [0.5, 0.6) is 0 Å². The van der Waals surface area contributed by atoms with Crippen LogP contribution in [0.1, 0.15) is 36.8 Å². The van der Waals surface area contributed by atoms with E-state index in [9.17, 15) is 9.59 Å². The van der Waals surface area contributed by atoms with Gasteiger partial charge in [-0.05, 0) is 56.2 Å². The van der Waals surface area contributed by atoms with Crippen LogP contribution in [0.3, 0.4) is 0 Å². The van der Waals surface area contributed by atoms with E-state index < -0.39 is 12.0 Å². The summed E-state index contributed by atoms with van der Waals surface area (Å²) in [5.41, 5.74) is 3.55. The van der Waals surface area contributed by atoms with Gasteiger partial charge >= 0.3 is 5.97 Å². The van der Waals surface area contributed by atoms with Crippen LogP contribution < -0.4 is 14.9 Å². The van der Waals surface area contributed by atoms with Crippen LogP contribution in [-0.2, 0) is 9.53 Å². The molecule has 36 heavy (non-hydrogen) atoms. The first-order valence-corrected chi connectivity index (χ1v) is 13.1. The number of hydrogen-bond donors (Lipinski definition) is 0. The molecule has 5 rings (SSSR count).